The molecule has 8 heteroatoms. The van der Waals surface area contributed by atoms with Crippen molar-refractivity contribution in [2.45, 2.75) is 12.5 Å². The largest absolute Gasteiger partial charge is 0.394 e. The van der Waals surface area contributed by atoms with E-state index in [0.717, 1.165) is 10.1 Å². The molecule has 27 heavy (non-hydrogen) atoms. The topological polar surface area (TPSA) is 79.7 Å². The molecule has 0 unspecified atom stereocenters. The number of aliphatic hydroxyl groups excluding tert-OH is 2. The van der Waals surface area contributed by atoms with E-state index in [2.05, 4.69) is 20.9 Å². The zero-order valence-electron chi connectivity index (χ0n) is 14.2. The third-order valence-corrected chi connectivity index (χ3v) is 5.73. The van der Waals surface area contributed by atoms with E-state index in [1.54, 1.807) is 24.5 Å². The van der Waals surface area contributed by atoms with Crippen molar-refractivity contribution in [2.75, 3.05) is 19.8 Å². The van der Waals surface area contributed by atoms with Crippen LogP contribution in [0.25, 0.3) is 10.1 Å². The number of pyridine rings is 1. The summed E-state index contributed by atoms with van der Waals surface area (Å²) in [7, 11) is 0. The van der Waals surface area contributed by atoms with Gasteiger partial charge < -0.3 is 14.9 Å². The minimum atomic E-state index is -1.03. The van der Waals surface area contributed by atoms with Crippen molar-refractivity contribution in [1.29, 1.82) is 0 Å². The third-order valence-electron chi connectivity index (χ3n) is 3.98. The SMILES string of the molecule is O=C(COC[C@H](O)CO)c1sc2ccncc2c1Cc1ccc(Br)cc1F. The number of aliphatic hydroxyl groups is 2. The molecule has 0 aliphatic carbocycles. The van der Waals surface area contributed by atoms with Crippen molar-refractivity contribution >= 4 is 43.1 Å². The van der Waals surface area contributed by atoms with Gasteiger partial charge >= 0.3 is 0 Å². The number of fused-ring (bicyclic) bond motifs is 1. The van der Waals surface area contributed by atoms with E-state index in [1.807, 2.05) is 6.07 Å². The fraction of sp³-hybridized carbons (Fsp3) is 0.263. The van der Waals surface area contributed by atoms with E-state index >= 15 is 0 Å². The number of nitrogens with zero attached hydrogens (tertiary/aromatic N) is 1. The van der Waals surface area contributed by atoms with Crippen molar-refractivity contribution in [3.63, 3.8) is 0 Å². The fourth-order valence-corrected chi connectivity index (χ4v) is 4.10. The second kappa shape index (κ2) is 8.99. The van der Waals surface area contributed by atoms with Gasteiger partial charge in [0, 0.05) is 33.4 Å². The van der Waals surface area contributed by atoms with E-state index in [-0.39, 0.29) is 31.2 Å². The summed E-state index contributed by atoms with van der Waals surface area (Å²) in [5.74, 6) is -0.609. The van der Waals surface area contributed by atoms with Gasteiger partial charge in [-0.25, -0.2) is 4.39 Å². The molecular weight excluding hydrogens is 437 g/mol. The number of hydrogen-bond donors (Lipinski definition) is 2. The standard InChI is InChI=1S/C19H17BrFNO4S/c20-12-2-1-11(16(21)6-12)5-14-15-7-22-4-3-18(15)27-19(14)17(25)10-26-9-13(24)8-23/h1-4,6-7,13,23-24H,5,8-10H2/t13-/m1/s1. The summed E-state index contributed by atoms with van der Waals surface area (Å²) in [6.45, 7) is -0.796. The highest BCUT2D eigenvalue weighted by Crippen LogP contribution is 2.33. The molecular formula is C19H17BrFNO4S. The minimum absolute atomic E-state index is 0.134. The number of halogens is 2. The molecule has 0 spiro atoms. The average Bonchev–Trinajstić information content (AvgIpc) is 3.02. The molecule has 0 fully saturated rings. The predicted molar refractivity (Wildman–Crippen MR) is 105 cm³/mol. The second-order valence-corrected chi connectivity index (χ2v) is 7.94. The van der Waals surface area contributed by atoms with Gasteiger partial charge in [0.1, 0.15) is 18.5 Å². The molecule has 1 aromatic carbocycles. The van der Waals surface area contributed by atoms with E-state index in [0.29, 0.717) is 20.5 Å². The van der Waals surface area contributed by atoms with Crippen LogP contribution in [0.2, 0.25) is 0 Å². The fourth-order valence-electron chi connectivity index (χ4n) is 2.65. The van der Waals surface area contributed by atoms with E-state index in [9.17, 15) is 14.3 Å². The zero-order chi connectivity index (χ0) is 19.4. The molecule has 0 aliphatic heterocycles. The summed E-state index contributed by atoms with van der Waals surface area (Å²) in [6, 6.07) is 6.64. The van der Waals surface area contributed by atoms with Crippen LogP contribution in [0, 0.1) is 5.82 Å². The lowest BCUT2D eigenvalue weighted by molar-refractivity contribution is 0.00905. The van der Waals surface area contributed by atoms with Crippen LogP contribution < -0.4 is 0 Å². The van der Waals surface area contributed by atoms with Crippen LogP contribution in [-0.2, 0) is 11.2 Å². The zero-order valence-corrected chi connectivity index (χ0v) is 16.6. The highest BCUT2D eigenvalue weighted by molar-refractivity contribution is 9.10. The Morgan fingerprint density at radius 2 is 2.19 bits per heavy atom. The number of Topliss-reactive ketones (excluding diaryl/α,β-unsaturated/α-hetero) is 1. The summed E-state index contributed by atoms with van der Waals surface area (Å²) in [4.78, 5) is 17.3. The molecule has 3 aromatic rings. The van der Waals surface area contributed by atoms with E-state index in [1.165, 1.54) is 17.4 Å². The first-order valence-corrected chi connectivity index (χ1v) is 9.79. The molecule has 0 saturated carbocycles. The molecule has 0 saturated heterocycles. The van der Waals surface area contributed by atoms with Gasteiger partial charge in [0.2, 0.25) is 0 Å². The first-order valence-electron chi connectivity index (χ1n) is 8.18. The number of thiophene rings is 1. The summed E-state index contributed by atoms with van der Waals surface area (Å²) in [6.07, 6.45) is 2.54. The van der Waals surface area contributed by atoms with Crippen LogP contribution in [0.4, 0.5) is 4.39 Å². The minimum Gasteiger partial charge on any atom is -0.394 e. The Balaban J connectivity index is 1.90. The third kappa shape index (κ3) is 4.77. The number of ketones is 1. The Bertz CT molecular complexity index is 962. The molecule has 0 aliphatic rings. The quantitative estimate of drug-likeness (QED) is 0.511. The van der Waals surface area contributed by atoms with Crippen LogP contribution in [0.3, 0.4) is 0 Å². The summed E-state index contributed by atoms with van der Waals surface area (Å²) < 4.78 is 21.0. The molecule has 2 N–H and O–H groups in total. The van der Waals surface area contributed by atoms with Crippen LogP contribution in [0.5, 0.6) is 0 Å². The van der Waals surface area contributed by atoms with Crippen molar-refractivity contribution in [1.82, 2.24) is 4.98 Å². The molecule has 142 valence electrons. The smallest absolute Gasteiger partial charge is 0.198 e. The van der Waals surface area contributed by atoms with Crippen molar-refractivity contribution in [3.8, 4) is 0 Å². The first-order chi connectivity index (χ1) is 13.0. The van der Waals surface area contributed by atoms with Crippen LogP contribution >= 0.6 is 27.3 Å². The first kappa shape index (κ1) is 20.0. The van der Waals surface area contributed by atoms with Gasteiger partial charge in [-0.15, -0.1) is 11.3 Å². The molecule has 0 bridgehead atoms. The van der Waals surface area contributed by atoms with E-state index < -0.39 is 12.7 Å². The molecule has 5 nitrogen and oxygen atoms in total. The maximum absolute atomic E-state index is 14.3. The maximum Gasteiger partial charge on any atom is 0.198 e. The maximum atomic E-state index is 14.3. The molecule has 0 amide bonds. The van der Waals surface area contributed by atoms with E-state index in [4.69, 9.17) is 9.84 Å². The van der Waals surface area contributed by atoms with Gasteiger partial charge in [-0.1, -0.05) is 22.0 Å². The average molecular weight is 454 g/mol. The summed E-state index contributed by atoms with van der Waals surface area (Å²) in [5.41, 5.74) is 1.19. The highest BCUT2D eigenvalue weighted by Gasteiger charge is 2.20. The Hall–Kier alpha value is -1.71. The Labute approximate surface area is 167 Å². The van der Waals surface area contributed by atoms with Gasteiger partial charge in [0.25, 0.3) is 0 Å². The number of carbonyl (C=O) groups is 1. The van der Waals surface area contributed by atoms with Crippen molar-refractivity contribution in [3.05, 3.63) is 63.0 Å². The number of hydrogen-bond acceptors (Lipinski definition) is 6. The normalized spacial score (nSPS) is 12.4. The molecule has 2 heterocycles. The molecule has 3 rings (SSSR count). The lowest BCUT2D eigenvalue weighted by atomic mass is 10.0. The van der Waals surface area contributed by atoms with Crippen LogP contribution in [-0.4, -0.2) is 46.9 Å². The monoisotopic (exact) mass is 453 g/mol. The van der Waals surface area contributed by atoms with Gasteiger partial charge in [-0.2, -0.15) is 0 Å². The molecule has 2 aromatic heterocycles. The summed E-state index contributed by atoms with van der Waals surface area (Å²) >= 11 is 4.55. The lowest BCUT2D eigenvalue weighted by Crippen LogP contribution is -2.22. The summed E-state index contributed by atoms with van der Waals surface area (Å²) in [5, 5.41) is 18.9. The van der Waals surface area contributed by atoms with Crippen molar-refractivity contribution < 1.29 is 24.1 Å². The Morgan fingerprint density at radius 3 is 2.93 bits per heavy atom. The lowest BCUT2D eigenvalue weighted by Gasteiger charge is -2.09. The van der Waals surface area contributed by atoms with Gasteiger partial charge in [-0.3, -0.25) is 9.78 Å². The molecule has 1 atom stereocenters. The number of rotatable bonds is 8. The number of aromatic nitrogens is 1. The predicted octanol–water partition coefficient (Wildman–Crippen LogP) is 3.34. The number of benzene rings is 1. The Morgan fingerprint density at radius 1 is 1.37 bits per heavy atom. The van der Waals surface area contributed by atoms with Crippen LogP contribution in [0.1, 0.15) is 20.8 Å². The van der Waals surface area contributed by atoms with Gasteiger partial charge in [0.15, 0.2) is 5.78 Å². The second-order valence-electron chi connectivity index (χ2n) is 5.97. The van der Waals surface area contributed by atoms with Gasteiger partial charge in [-0.05, 0) is 29.3 Å². The van der Waals surface area contributed by atoms with Gasteiger partial charge in [0.05, 0.1) is 18.1 Å². The molecule has 0 radical (unpaired) electrons. The number of ether oxygens (including phenoxy) is 1. The van der Waals surface area contributed by atoms with Crippen molar-refractivity contribution in [2.24, 2.45) is 0 Å². The highest BCUT2D eigenvalue weighted by atomic mass is 79.9. The number of carbonyl (C=O) groups excluding carboxylic acids is 1. The Kier molecular flexibility index (Phi) is 6.67. The van der Waals surface area contributed by atoms with Crippen LogP contribution in [0.15, 0.2) is 41.1 Å².